The minimum atomic E-state index is -0.929. The molecular formula is C49H67N5O10S. The summed E-state index contributed by atoms with van der Waals surface area (Å²) in [6, 6.07) is 26.0. The van der Waals surface area contributed by atoms with Gasteiger partial charge in [0.1, 0.15) is 17.0 Å². The van der Waals surface area contributed by atoms with Crippen molar-refractivity contribution in [1.29, 1.82) is 0 Å². The average Bonchev–Trinajstić information content (AvgIpc) is 3.88. The van der Waals surface area contributed by atoms with Crippen LogP contribution in [0.25, 0.3) is 0 Å². The van der Waals surface area contributed by atoms with Crippen LogP contribution in [0.2, 0.25) is 0 Å². The summed E-state index contributed by atoms with van der Waals surface area (Å²) in [5.41, 5.74) is 1.98. The molecule has 5 N–H and O–H groups in total. The van der Waals surface area contributed by atoms with E-state index < -0.39 is 17.4 Å². The van der Waals surface area contributed by atoms with Gasteiger partial charge in [-0.05, 0) is 92.3 Å². The summed E-state index contributed by atoms with van der Waals surface area (Å²) in [6.45, 7) is 3.53. The molecule has 15 nitrogen and oxygen atoms in total. The normalized spacial score (nSPS) is 20.4. The molecule has 3 aromatic rings. The first kappa shape index (κ1) is 49.6. The molecule has 2 aliphatic heterocycles. The van der Waals surface area contributed by atoms with Crippen molar-refractivity contribution in [3.8, 4) is 11.5 Å². The molecule has 0 aromatic heterocycles. The lowest BCUT2D eigenvalue weighted by atomic mass is 9.74. The summed E-state index contributed by atoms with van der Waals surface area (Å²) in [5.74, 6) is 1.02. The van der Waals surface area contributed by atoms with Gasteiger partial charge in [0.05, 0.1) is 58.8 Å². The van der Waals surface area contributed by atoms with Crippen LogP contribution in [-0.4, -0.2) is 136 Å². The number of nitrogens with zero attached hydrogens (tertiary/aromatic N) is 1. The predicted molar refractivity (Wildman–Crippen MR) is 249 cm³/mol. The van der Waals surface area contributed by atoms with Gasteiger partial charge in [-0.15, -0.1) is 0 Å². The Morgan fingerprint density at radius 2 is 1.26 bits per heavy atom. The molecule has 2 heterocycles. The SMILES string of the molecule is COc1ccc(C(c2ccccc2)(c2ccc(OC)cc2)N2C(=O)N[C@@H]3[C@H](CCCCC(=O)NCCCOCCOCCOCCCNC(=O)C(=O)NC4CCC(O)CC4)SC[C@@H]32)cc1. The van der Waals surface area contributed by atoms with Crippen molar-refractivity contribution in [2.45, 2.75) is 99.2 Å². The summed E-state index contributed by atoms with van der Waals surface area (Å²) in [7, 11) is 3.30. The molecule has 3 aromatic carbocycles. The zero-order valence-electron chi connectivity index (χ0n) is 37.8. The molecule has 0 radical (unpaired) electrons. The van der Waals surface area contributed by atoms with E-state index in [1.807, 2.05) is 54.2 Å². The first-order valence-electron chi connectivity index (χ1n) is 23.1. The van der Waals surface area contributed by atoms with E-state index in [2.05, 4.69) is 62.6 Å². The van der Waals surface area contributed by atoms with Crippen LogP contribution >= 0.6 is 11.8 Å². The minimum Gasteiger partial charge on any atom is -0.497 e. The molecule has 5 amide bonds. The molecule has 354 valence electrons. The first-order chi connectivity index (χ1) is 31.7. The third-order valence-corrected chi connectivity index (χ3v) is 13.9. The summed E-state index contributed by atoms with van der Waals surface area (Å²) in [6.07, 6.45) is 6.59. The van der Waals surface area contributed by atoms with Gasteiger partial charge in [0.2, 0.25) is 5.91 Å². The van der Waals surface area contributed by atoms with E-state index in [0.29, 0.717) is 97.7 Å². The maximum Gasteiger partial charge on any atom is 0.319 e. The lowest BCUT2D eigenvalue weighted by molar-refractivity contribution is -0.139. The number of urea groups is 1. The molecule has 3 atom stereocenters. The number of rotatable bonds is 26. The van der Waals surface area contributed by atoms with Crippen LogP contribution < -0.4 is 30.7 Å². The molecule has 0 bridgehead atoms. The second-order valence-corrected chi connectivity index (χ2v) is 18.0. The van der Waals surface area contributed by atoms with E-state index in [1.165, 1.54) is 0 Å². The third-order valence-electron chi connectivity index (χ3n) is 12.4. The van der Waals surface area contributed by atoms with E-state index in [4.69, 9.17) is 23.7 Å². The van der Waals surface area contributed by atoms with E-state index in [9.17, 15) is 24.3 Å². The molecular weight excluding hydrogens is 851 g/mol. The Bertz CT molecular complexity index is 1890. The summed E-state index contributed by atoms with van der Waals surface area (Å²) in [4.78, 5) is 53.1. The van der Waals surface area contributed by atoms with Gasteiger partial charge in [-0.3, -0.25) is 14.4 Å². The van der Waals surface area contributed by atoms with Crippen LogP contribution in [-0.2, 0) is 34.1 Å². The number of methoxy groups -OCH3 is 2. The molecule has 0 unspecified atom stereocenters. The van der Waals surface area contributed by atoms with Crippen molar-refractivity contribution in [2.75, 3.05) is 72.7 Å². The number of hydrogen-bond donors (Lipinski definition) is 5. The van der Waals surface area contributed by atoms with Gasteiger partial charge in [0, 0.05) is 49.8 Å². The van der Waals surface area contributed by atoms with Gasteiger partial charge in [0.15, 0.2) is 0 Å². The molecule has 3 fully saturated rings. The number of unbranched alkanes of at least 4 members (excludes halogenated alkanes) is 1. The van der Waals surface area contributed by atoms with Crippen LogP contribution in [0.4, 0.5) is 4.79 Å². The summed E-state index contributed by atoms with van der Waals surface area (Å²) >= 11 is 1.90. The van der Waals surface area contributed by atoms with E-state index in [0.717, 1.165) is 53.2 Å². The molecule has 0 spiro atoms. The van der Waals surface area contributed by atoms with Crippen molar-refractivity contribution in [3.63, 3.8) is 0 Å². The van der Waals surface area contributed by atoms with Crippen LogP contribution in [0.5, 0.6) is 11.5 Å². The van der Waals surface area contributed by atoms with Gasteiger partial charge in [-0.1, -0.05) is 61.0 Å². The molecule has 1 aliphatic carbocycles. The standard InChI is InChI=1S/C49H67N5O10S/c1-60-40-22-14-36(15-23-40)49(35-10-4-3-5-11-35,37-16-24-41(61-2)25-17-37)54-42-34-65-43(45(42)53-48(54)59)12-6-7-13-44(56)50-26-8-28-62-30-32-64-33-31-63-29-9-27-51-46(57)47(58)52-38-18-20-39(55)21-19-38/h3-5,10-11,14-17,22-25,38-39,42-43,45,55H,6-9,12-13,18-21,26-34H2,1-2H3,(H,50,56)(H,51,57)(H,52,58)(H,53,59)/t38?,39?,42-,43-,45-/m0/s1. The van der Waals surface area contributed by atoms with Crippen molar-refractivity contribution >= 4 is 35.5 Å². The van der Waals surface area contributed by atoms with Gasteiger partial charge < -0.3 is 55.0 Å². The smallest absolute Gasteiger partial charge is 0.319 e. The van der Waals surface area contributed by atoms with Gasteiger partial charge >= 0.3 is 17.8 Å². The highest BCUT2D eigenvalue weighted by Crippen LogP contribution is 2.49. The molecule has 3 aliphatic rings. The summed E-state index contributed by atoms with van der Waals surface area (Å²) in [5, 5.41) is 21.5. The minimum absolute atomic E-state index is 0.0296. The molecule has 65 heavy (non-hydrogen) atoms. The Balaban J connectivity index is 0.835. The van der Waals surface area contributed by atoms with Crippen LogP contribution in [0.15, 0.2) is 78.9 Å². The Morgan fingerprint density at radius 3 is 1.85 bits per heavy atom. The number of carbonyl (C=O) groups is 4. The Kier molecular flexibility index (Phi) is 19.6. The largest absolute Gasteiger partial charge is 0.497 e. The fraction of sp³-hybridized carbons (Fsp3) is 0.551. The Labute approximate surface area is 387 Å². The molecule has 2 saturated heterocycles. The molecule has 1 saturated carbocycles. The zero-order chi connectivity index (χ0) is 45.9. The van der Waals surface area contributed by atoms with Crippen molar-refractivity contribution in [3.05, 3.63) is 95.6 Å². The van der Waals surface area contributed by atoms with Crippen molar-refractivity contribution in [1.82, 2.24) is 26.2 Å². The number of thioether (sulfide) groups is 1. The van der Waals surface area contributed by atoms with Crippen molar-refractivity contribution in [2.24, 2.45) is 0 Å². The van der Waals surface area contributed by atoms with E-state index in [-0.39, 0.29) is 41.4 Å². The van der Waals surface area contributed by atoms with E-state index in [1.54, 1.807) is 14.2 Å². The highest BCUT2D eigenvalue weighted by atomic mass is 32.2. The van der Waals surface area contributed by atoms with E-state index >= 15 is 0 Å². The lowest BCUT2D eigenvalue weighted by Crippen LogP contribution is -2.53. The number of aliphatic hydroxyl groups excluding tert-OH is 1. The first-order valence-corrected chi connectivity index (χ1v) is 24.1. The highest BCUT2D eigenvalue weighted by molar-refractivity contribution is 8.00. The fourth-order valence-electron chi connectivity index (χ4n) is 8.98. The number of amides is 5. The highest BCUT2D eigenvalue weighted by Gasteiger charge is 2.57. The van der Waals surface area contributed by atoms with Crippen LogP contribution in [0.1, 0.15) is 80.9 Å². The number of benzene rings is 3. The van der Waals surface area contributed by atoms with Gasteiger partial charge in [-0.2, -0.15) is 11.8 Å². The fourth-order valence-corrected chi connectivity index (χ4v) is 10.6. The Morgan fingerprint density at radius 1 is 0.708 bits per heavy atom. The Hall–Kier alpha value is -4.87. The predicted octanol–water partition coefficient (Wildman–Crippen LogP) is 4.92. The number of ether oxygens (including phenoxy) is 5. The molecule has 16 heteroatoms. The van der Waals surface area contributed by atoms with Gasteiger partial charge in [0.25, 0.3) is 0 Å². The second kappa shape index (κ2) is 25.7. The number of fused-ring (bicyclic) bond motifs is 1. The third kappa shape index (κ3) is 13.6. The number of hydrogen-bond acceptors (Lipinski definition) is 11. The number of carbonyl (C=O) groups excluding carboxylic acids is 4. The molecule has 6 rings (SSSR count). The average molecular weight is 918 g/mol. The zero-order valence-corrected chi connectivity index (χ0v) is 38.6. The van der Waals surface area contributed by atoms with Crippen molar-refractivity contribution < 1.29 is 48.0 Å². The number of nitrogens with one attached hydrogen (secondary N) is 4. The van der Waals surface area contributed by atoms with Crippen LogP contribution in [0.3, 0.4) is 0 Å². The quantitative estimate of drug-likeness (QED) is 0.0319. The summed E-state index contributed by atoms with van der Waals surface area (Å²) < 4.78 is 27.8. The topological polar surface area (TPSA) is 186 Å². The lowest BCUT2D eigenvalue weighted by Gasteiger charge is -2.45. The van der Waals surface area contributed by atoms with Crippen LogP contribution in [0, 0.1) is 0 Å². The number of aliphatic hydroxyl groups is 1. The maximum absolute atomic E-state index is 14.4. The monoisotopic (exact) mass is 917 g/mol. The van der Waals surface area contributed by atoms with Gasteiger partial charge in [-0.25, -0.2) is 4.79 Å². The maximum atomic E-state index is 14.4. The second-order valence-electron chi connectivity index (χ2n) is 16.7.